The number of alkyl halides is 3. The van der Waals surface area contributed by atoms with Gasteiger partial charge in [0.1, 0.15) is 0 Å². The van der Waals surface area contributed by atoms with E-state index in [-0.39, 0.29) is 12.1 Å². The van der Waals surface area contributed by atoms with Gasteiger partial charge < -0.3 is 10.1 Å². The van der Waals surface area contributed by atoms with Gasteiger partial charge in [-0.05, 0) is 32.2 Å². The number of hydrogen-bond acceptors (Lipinski definition) is 4. The molecular weight excluding hydrogens is 289 g/mol. The van der Waals surface area contributed by atoms with Gasteiger partial charge in [-0.1, -0.05) is 6.92 Å². The Labute approximate surface area is 120 Å². The van der Waals surface area contributed by atoms with Gasteiger partial charge >= 0.3 is 6.18 Å². The van der Waals surface area contributed by atoms with Crippen molar-refractivity contribution in [1.29, 1.82) is 0 Å². The molecule has 1 saturated heterocycles. The normalized spacial score (nSPS) is 21.3. The lowest BCUT2D eigenvalue weighted by molar-refractivity contribution is -0.137. The van der Waals surface area contributed by atoms with E-state index in [2.05, 4.69) is 10.3 Å². The zero-order valence-electron chi connectivity index (χ0n) is 11.4. The highest BCUT2D eigenvalue weighted by molar-refractivity contribution is 7.11. The van der Waals surface area contributed by atoms with E-state index >= 15 is 0 Å². The van der Waals surface area contributed by atoms with Gasteiger partial charge in [-0.15, -0.1) is 11.3 Å². The van der Waals surface area contributed by atoms with Crippen LogP contribution in [0.1, 0.15) is 48.5 Å². The predicted octanol–water partition coefficient (Wildman–Crippen LogP) is 3.77. The summed E-state index contributed by atoms with van der Waals surface area (Å²) in [5, 5.41) is 2.46. The fourth-order valence-electron chi connectivity index (χ4n) is 2.39. The van der Waals surface area contributed by atoms with Gasteiger partial charge in [-0.25, -0.2) is 4.98 Å². The third kappa shape index (κ3) is 4.17. The number of thiazole rings is 1. The zero-order valence-corrected chi connectivity index (χ0v) is 12.2. The summed E-state index contributed by atoms with van der Waals surface area (Å²) in [5.74, 6) is 0. The van der Waals surface area contributed by atoms with Crippen LogP contribution in [0, 0.1) is 0 Å². The fraction of sp³-hybridized carbons (Fsp3) is 0.769. The molecule has 0 saturated carbocycles. The van der Waals surface area contributed by atoms with E-state index in [1.807, 2.05) is 6.92 Å². The Morgan fingerprint density at radius 3 is 2.90 bits per heavy atom. The summed E-state index contributed by atoms with van der Waals surface area (Å²) in [4.78, 5) is 4.14. The zero-order chi connectivity index (χ0) is 14.6. The molecule has 2 rings (SSSR count). The first-order valence-corrected chi connectivity index (χ1v) is 7.70. The molecule has 0 aromatic carbocycles. The second-order valence-electron chi connectivity index (χ2n) is 4.89. The van der Waals surface area contributed by atoms with E-state index in [4.69, 9.17) is 4.74 Å². The molecule has 2 heterocycles. The smallest absolute Gasteiger partial charge is 0.378 e. The number of hydrogen-bond donors (Lipinski definition) is 1. The van der Waals surface area contributed by atoms with Crippen molar-refractivity contribution in [2.75, 3.05) is 13.2 Å². The Morgan fingerprint density at radius 2 is 2.35 bits per heavy atom. The van der Waals surface area contributed by atoms with Crippen LogP contribution in [0.2, 0.25) is 0 Å². The minimum atomic E-state index is -4.35. The summed E-state index contributed by atoms with van der Waals surface area (Å²) >= 11 is 0.731. The summed E-state index contributed by atoms with van der Waals surface area (Å²) in [5.41, 5.74) is 0. The number of halogens is 3. The maximum Gasteiger partial charge on any atom is 0.443 e. The van der Waals surface area contributed by atoms with Gasteiger partial charge in [0.2, 0.25) is 0 Å². The van der Waals surface area contributed by atoms with Crippen molar-refractivity contribution < 1.29 is 17.9 Å². The molecule has 0 bridgehead atoms. The van der Waals surface area contributed by atoms with Crippen LogP contribution in [0.25, 0.3) is 0 Å². The summed E-state index contributed by atoms with van der Waals surface area (Å²) in [6.45, 7) is 3.47. The van der Waals surface area contributed by atoms with Crippen LogP contribution in [-0.2, 0) is 10.9 Å². The molecule has 0 aliphatic carbocycles. The van der Waals surface area contributed by atoms with Gasteiger partial charge in [-0.2, -0.15) is 13.2 Å². The maximum absolute atomic E-state index is 12.6. The highest BCUT2D eigenvalue weighted by Crippen LogP contribution is 2.35. The molecule has 0 radical (unpaired) electrons. The van der Waals surface area contributed by atoms with Crippen LogP contribution in [0.5, 0.6) is 0 Å². The first-order valence-electron chi connectivity index (χ1n) is 6.88. The van der Waals surface area contributed by atoms with Crippen LogP contribution >= 0.6 is 11.3 Å². The van der Waals surface area contributed by atoms with Crippen molar-refractivity contribution in [3.63, 3.8) is 0 Å². The number of ether oxygens (including phenoxy) is 1. The monoisotopic (exact) mass is 308 g/mol. The molecule has 20 heavy (non-hydrogen) atoms. The van der Waals surface area contributed by atoms with Crippen molar-refractivity contribution in [3.05, 3.63) is 16.1 Å². The SMILES string of the molecule is CCNC(CCC1CCCO1)c1cnc(C(F)(F)F)s1. The highest BCUT2D eigenvalue weighted by atomic mass is 32.1. The Bertz CT molecular complexity index is 416. The Balaban J connectivity index is 1.97. The van der Waals surface area contributed by atoms with E-state index in [0.717, 1.165) is 50.2 Å². The van der Waals surface area contributed by atoms with Crippen LogP contribution < -0.4 is 5.32 Å². The van der Waals surface area contributed by atoms with Gasteiger partial charge in [-0.3, -0.25) is 0 Å². The topological polar surface area (TPSA) is 34.1 Å². The summed E-state index contributed by atoms with van der Waals surface area (Å²) in [6, 6.07) is -0.0715. The van der Waals surface area contributed by atoms with E-state index in [1.165, 1.54) is 6.20 Å². The van der Waals surface area contributed by atoms with Crippen molar-refractivity contribution in [2.45, 2.75) is 50.9 Å². The van der Waals surface area contributed by atoms with Crippen LogP contribution in [-0.4, -0.2) is 24.2 Å². The second kappa shape index (κ2) is 6.87. The van der Waals surface area contributed by atoms with E-state index in [1.54, 1.807) is 0 Å². The van der Waals surface area contributed by atoms with Crippen LogP contribution in [0.15, 0.2) is 6.20 Å². The first kappa shape index (κ1) is 15.7. The quantitative estimate of drug-likeness (QED) is 0.868. The molecule has 3 nitrogen and oxygen atoms in total. The van der Waals surface area contributed by atoms with Crippen LogP contribution in [0.4, 0.5) is 13.2 Å². The molecule has 1 aromatic heterocycles. The molecule has 0 amide bonds. The average molecular weight is 308 g/mol. The lowest BCUT2D eigenvalue weighted by Crippen LogP contribution is -2.21. The molecule has 2 atom stereocenters. The Morgan fingerprint density at radius 1 is 1.55 bits per heavy atom. The molecular formula is C13H19F3N2OS. The minimum absolute atomic E-state index is 0.0715. The molecule has 1 aliphatic rings. The third-order valence-corrected chi connectivity index (χ3v) is 4.52. The van der Waals surface area contributed by atoms with E-state index in [0.29, 0.717) is 4.88 Å². The molecule has 0 spiro atoms. The van der Waals surface area contributed by atoms with Crippen molar-refractivity contribution >= 4 is 11.3 Å². The summed E-state index contributed by atoms with van der Waals surface area (Å²) < 4.78 is 43.3. The molecule has 1 N–H and O–H groups in total. The van der Waals surface area contributed by atoms with Gasteiger partial charge in [0, 0.05) is 23.7 Å². The summed E-state index contributed by atoms with van der Waals surface area (Å²) in [7, 11) is 0. The average Bonchev–Trinajstić information content (AvgIpc) is 3.04. The summed E-state index contributed by atoms with van der Waals surface area (Å²) in [6.07, 6.45) is 1.02. The lowest BCUT2D eigenvalue weighted by Gasteiger charge is -2.18. The second-order valence-corrected chi connectivity index (χ2v) is 5.95. The first-order chi connectivity index (χ1) is 9.50. The fourth-order valence-corrected chi connectivity index (χ4v) is 3.29. The molecule has 1 aliphatic heterocycles. The van der Waals surface area contributed by atoms with Crippen molar-refractivity contribution in [3.8, 4) is 0 Å². The largest absolute Gasteiger partial charge is 0.443 e. The minimum Gasteiger partial charge on any atom is -0.378 e. The molecule has 1 aromatic rings. The van der Waals surface area contributed by atoms with Crippen molar-refractivity contribution in [1.82, 2.24) is 10.3 Å². The molecule has 2 unspecified atom stereocenters. The number of rotatable bonds is 6. The van der Waals surface area contributed by atoms with Gasteiger partial charge in [0.25, 0.3) is 0 Å². The Hall–Kier alpha value is -0.660. The molecule has 1 fully saturated rings. The predicted molar refractivity (Wildman–Crippen MR) is 71.7 cm³/mol. The number of nitrogens with zero attached hydrogens (tertiary/aromatic N) is 1. The Kier molecular flexibility index (Phi) is 5.40. The van der Waals surface area contributed by atoms with Gasteiger partial charge in [0.05, 0.1) is 6.10 Å². The van der Waals surface area contributed by atoms with Crippen LogP contribution in [0.3, 0.4) is 0 Å². The lowest BCUT2D eigenvalue weighted by atomic mass is 10.1. The standard InChI is InChI=1S/C13H19F3N2OS/c1-2-17-10(6-5-9-4-3-7-19-9)11-8-18-12(20-11)13(14,15)16/h8-10,17H,2-7H2,1H3. The molecule has 114 valence electrons. The van der Waals surface area contributed by atoms with Gasteiger partial charge in [0.15, 0.2) is 5.01 Å². The van der Waals surface area contributed by atoms with E-state index in [9.17, 15) is 13.2 Å². The highest BCUT2D eigenvalue weighted by Gasteiger charge is 2.35. The third-order valence-electron chi connectivity index (χ3n) is 3.36. The number of nitrogens with one attached hydrogen (secondary N) is 1. The van der Waals surface area contributed by atoms with E-state index < -0.39 is 11.2 Å². The number of aromatic nitrogens is 1. The van der Waals surface area contributed by atoms with Crippen molar-refractivity contribution in [2.24, 2.45) is 0 Å². The molecule has 7 heteroatoms. The maximum atomic E-state index is 12.6.